The maximum atomic E-state index is 12.3. The number of imidazole rings is 4. The van der Waals surface area contributed by atoms with Crippen molar-refractivity contribution in [1.82, 2.24) is 106 Å². The molecule has 0 atom stereocenters. The van der Waals surface area contributed by atoms with Crippen molar-refractivity contribution in [2.75, 3.05) is 220 Å². The normalized spacial score (nSPS) is 11.8. The molecule has 42 nitrogen and oxygen atoms in total. The Hall–Kier alpha value is -17.5. The van der Waals surface area contributed by atoms with Gasteiger partial charge in [-0.05, 0) is 136 Å². The summed E-state index contributed by atoms with van der Waals surface area (Å²) in [4.78, 5) is 106. The second kappa shape index (κ2) is 47.8. The number of piperidine rings is 1. The number of likely N-dealkylation sites (N-methyl/N-ethyl adjacent to an activating group) is 6. The minimum atomic E-state index is -0.299. The first-order valence-corrected chi connectivity index (χ1v) is 46.8. The van der Waals surface area contributed by atoms with E-state index in [-0.39, 0.29) is 23.6 Å². The van der Waals surface area contributed by atoms with E-state index >= 15 is 0 Å². The Balaban J connectivity index is 0.000000154. The summed E-state index contributed by atoms with van der Waals surface area (Å²) in [5, 5.41) is 33.6. The van der Waals surface area contributed by atoms with Crippen LogP contribution in [0.4, 0.5) is 91.5 Å². The highest BCUT2D eigenvalue weighted by atomic mass is 16.5. The molecule has 146 heavy (non-hydrogen) atoms. The summed E-state index contributed by atoms with van der Waals surface area (Å²) in [6.45, 7) is 20.9. The molecule has 17 rings (SSSR count). The molecule has 16 aromatic rings. The van der Waals surface area contributed by atoms with Crippen LogP contribution >= 0.6 is 0 Å². The summed E-state index contributed by atoms with van der Waals surface area (Å²) in [5.41, 5.74) is 19.0. The zero-order valence-corrected chi connectivity index (χ0v) is 85.6. The number of carbonyl (C=O) groups excluding carboxylic acids is 4. The minimum Gasteiger partial charge on any atom is -0.494 e. The smallest absolute Gasteiger partial charge is 0.247 e. The molecular weight excluding hydrogens is 1850 g/mol. The molecule has 0 bridgehead atoms. The molecule has 0 spiro atoms. The molecular formula is C104H126N34O8. The molecule has 42 heteroatoms. The number of aromatic nitrogens is 18. The van der Waals surface area contributed by atoms with Crippen LogP contribution in [0.5, 0.6) is 23.0 Å². The summed E-state index contributed by atoms with van der Waals surface area (Å²) in [5.74, 6) is 3.68. The first-order valence-electron chi connectivity index (χ1n) is 46.8. The van der Waals surface area contributed by atoms with E-state index in [1.807, 2.05) is 229 Å². The number of rotatable bonds is 38. The van der Waals surface area contributed by atoms with E-state index in [4.69, 9.17) is 18.9 Å². The first-order chi connectivity index (χ1) is 70.3. The van der Waals surface area contributed by atoms with E-state index in [0.717, 1.165) is 144 Å². The first kappa shape index (κ1) is 104. The van der Waals surface area contributed by atoms with E-state index in [0.29, 0.717) is 109 Å². The molecule has 760 valence electrons. The highest BCUT2D eigenvalue weighted by Gasteiger charge is 2.28. The number of hydrogen-bond acceptors (Lipinski definition) is 31. The van der Waals surface area contributed by atoms with Gasteiger partial charge >= 0.3 is 0 Å². The fourth-order valence-electron chi connectivity index (χ4n) is 16.2. The number of carbonyl (C=O) groups is 4. The quantitative estimate of drug-likeness (QED) is 0.0167. The van der Waals surface area contributed by atoms with Crippen molar-refractivity contribution in [3.63, 3.8) is 0 Å². The van der Waals surface area contributed by atoms with Gasteiger partial charge in [-0.1, -0.05) is 26.3 Å². The van der Waals surface area contributed by atoms with Gasteiger partial charge in [0.1, 0.15) is 46.3 Å². The van der Waals surface area contributed by atoms with Crippen molar-refractivity contribution < 1.29 is 38.1 Å². The lowest BCUT2D eigenvalue weighted by molar-refractivity contribution is -0.112. The van der Waals surface area contributed by atoms with Crippen LogP contribution in [0.3, 0.4) is 0 Å². The highest BCUT2D eigenvalue weighted by Crippen LogP contribution is 2.44. The van der Waals surface area contributed by atoms with Crippen LogP contribution in [0.15, 0.2) is 241 Å². The van der Waals surface area contributed by atoms with Gasteiger partial charge in [0.15, 0.2) is 22.6 Å². The van der Waals surface area contributed by atoms with Gasteiger partial charge in [0.25, 0.3) is 0 Å². The predicted molar refractivity (Wildman–Crippen MR) is 579 cm³/mol. The lowest BCUT2D eigenvalue weighted by Crippen LogP contribution is -2.42. The largest absolute Gasteiger partial charge is 0.494 e. The average Bonchev–Trinajstić information content (AvgIpc) is 1.34. The van der Waals surface area contributed by atoms with Crippen LogP contribution in [-0.2, 0) is 40.3 Å². The van der Waals surface area contributed by atoms with Crippen molar-refractivity contribution in [1.29, 1.82) is 0 Å². The number of fused-ring (bicyclic) bond motifs is 4. The number of nitrogens with one attached hydrogen (secondary N) is 8. The molecule has 4 aromatic carbocycles. The Morgan fingerprint density at radius 2 is 0.699 bits per heavy atom. The highest BCUT2D eigenvalue weighted by molar-refractivity contribution is 6.05. The van der Waals surface area contributed by atoms with Gasteiger partial charge in [0.05, 0.1) is 206 Å². The van der Waals surface area contributed by atoms with Crippen LogP contribution in [0.1, 0.15) is 12.8 Å². The summed E-state index contributed by atoms with van der Waals surface area (Å²) >= 11 is 0. The third-order valence-corrected chi connectivity index (χ3v) is 24.2. The van der Waals surface area contributed by atoms with Crippen LogP contribution < -0.4 is 81.1 Å². The third kappa shape index (κ3) is 25.7. The van der Waals surface area contributed by atoms with Crippen molar-refractivity contribution in [3.8, 4) is 68.0 Å². The number of benzene rings is 4. The van der Waals surface area contributed by atoms with Crippen molar-refractivity contribution >= 4 is 138 Å². The summed E-state index contributed by atoms with van der Waals surface area (Å²) < 4.78 is 36.2. The van der Waals surface area contributed by atoms with E-state index in [1.54, 1.807) is 106 Å². The Bertz CT molecular complexity index is 7110. The molecule has 0 unspecified atom stereocenters. The number of nitrogens with zero attached hydrogens (tertiary/aromatic N) is 26. The van der Waals surface area contributed by atoms with Crippen LogP contribution in [0, 0.1) is 0 Å². The van der Waals surface area contributed by atoms with Crippen molar-refractivity contribution in [3.05, 3.63) is 241 Å². The summed E-state index contributed by atoms with van der Waals surface area (Å²) in [6, 6.07) is 21.5. The fourth-order valence-corrected chi connectivity index (χ4v) is 16.2. The molecule has 8 N–H and O–H groups in total. The Morgan fingerprint density at radius 1 is 0.370 bits per heavy atom. The second-order valence-electron chi connectivity index (χ2n) is 35.6. The van der Waals surface area contributed by atoms with Crippen LogP contribution in [0.2, 0.25) is 0 Å². The van der Waals surface area contributed by atoms with Gasteiger partial charge < -0.3 is 105 Å². The Labute approximate surface area is 847 Å². The van der Waals surface area contributed by atoms with Gasteiger partial charge in [0.2, 0.25) is 23.6 Å². The molecule has 1 saturated heterocycles. The van der Waals surface area contributed by atoms with Crippen LogP contribution in [-0.4, -0.2) is 294 Å². The number of pyridine rings is 1. The van der Waals surface area contributed by atoms with Gasteiger partial charge in [-0.15, -0.1) is 0 Å². The van der Waals surface area contributed by atoms with Crippen molar-refractivity contribution in [2.45, 2.75) is 18.9 Å². The number of methoxy groups -OCH3 is 4. The SMILES string of the molecule is C=CC(=O)Nc1cc(Nc2cn3c(-c4cccnc4)cnc3cn2)c(OC)cc1N(C)CCN(C)C.C=CC(=O)Nc1cc(Nc2cn3c(-c4ccn(C)c4)cnc3cn2)c(OC)cc1N(C)CCN(C)C.C=CC(=O)Nc1cc(Nc2cn3c(-c4cnn(C)c4)cnc3cn2)c(OC)cc1N(C)CCN(C)C.C=CC(=O)Nc1cc(Nc2cn3c(-c4cnn(C)c4)cnc3cn2)c(OC)cc1N1CCC(N(C)C)CC1. The zero-order valence-electron chi connectivity index (χ0n) is 85.6. The minimum absolute atomic E-state index is 0.274. The number of ether oxygens (including phenoxy) is 4. The molecule has 1 aliphatic heterocycles. The van der Waals surface area contributed by atoms with E-state index in [1.165, 1.54) is 24.3 Å². The number of aryl methyl sites for hydroxylation is 3. The van der Waals surface area contributed by atoms with Gasteiger partial charge in [-0.25, -0.2) is 39.9 Å². The molecule has 1 aliphatic rings. The molecule has 12 aromatic heterocycles. The fraction of sp³-hybridized carbons (Fsp3) is 0.279. The number of hydrogen-bond donors (Lipinski definition) is 8. The molecule has 0 aliphatic carbocycles. The van der Waals surface area contributed by atoms with E-state index in [2.05, 4.69) is 177 Å². The standard InChI is InChI=1S/C27H33N9O2.C26H32N8O2.C26H30N8O2.C25H31N9O2/c1-6-27(37)32-20-11-21(24(38-5)12-22(20)35-9-7-19(8-10-35)33(2)3)31-25-17-36-23(14-29-26(36)15-28-25)18-13-30-34(4)16-18;1-7-26(35)30-19-12-20(23(36-6)13-21(19)33(5)11-10-31(2)3)29-24-17-34-22(14-28-25(34)15-27-24)18-8-9-32(4)16-18;1-6-26(35)31-19-12-20(23(36-5)13-21(19)33(4)11-10-32(2)3)30-24-17-34-22(15-29-25(34)16-28-24)18-8-7-9-27-14-18;1-7-25(35)30-18-10-19(22(36-6)11-20(18)32(4)9-8-31(2)3)29-23-16-34-21(13-27-24(34)14-26-23)17-12-28-33(5)15-17/h6,11-17,19,31H,1,7-10H2,2-5H3,(H,32,37);7-9,12-17,29H,1,10-11H2,2-6H3,(H,30,35);6-9,12-17,30H,1,10-11H2,2-5H3,(H,31,35);7,10-16,29H,1,8-9H2,2-6H3,(H,30,35). The van der Waals surface area contributed by atoms with Gasteiger partial charge in [-0.2, -0.15) is 10.2 Å². The maximum absolute atomic E-state index is 12.3. The molecule has 13 heterocycles. The van der Waals surface area contributed by atoms with Crippen molar-refractivity contribution in [2.24, 2.45) is 21.1 Å². The van der Waals surface area contributed by atoms with Crippen LogP contribution in [0.25, 0.3) is 67.6 Å². The summed E-state index contributed by atoms with van der Waals surface area (Å²) in [7, 11) is 34.5. The molecule has 0 saturated carbocycles. The monoisotopic (exact) mass is 1980 g/mol. The molecule has 4 amide bonds. The lowest BCUT2D eigenvalue weighted by Gasteiger charge is -2.37. The second-order valence-corrected chi connectivity index (χ2v) is 35.6. The zero-order chi connectivity index (χ0) is 104. The molecule has 0 radical (unpaired) electrons. The predicted octanol–water partition coefficient (Wildman–Crippen LogP) is 13.8. The third-order valence-electron chi connectivity index (χ3n) is 24.2. The average molecular weight is 1980 g/mol. The molecule has 1 fully saturated rings. The topological polar surface area (TPSA) is 402 Å². The Kier molecular flexibility index (Phi) is 34.2. The number of amides is 4. The van der Waals surface area contributed by atoms with Gasteiger partial charge in [-0.3, -0.25) is 51.1 Å². The summed E-state index contributed by atoms with van der Waals surface area (Å²) in [6.07, 6.45) is 43.6. The van der Waals surface area contributed by atoms with Gasteiger partial charge in [0, 0.05) is 184 Å². The lowest BCUT2D eigenvalue weighted by atomic mass is 10.0. The van der Waals surface area contributed by atoms with E-state index in [9.17, 15) is 19.2 Å². The maximum Gasteiger partial charge on any atom is 0.247 e. The Morgan fingerprint density at radius 3 is 0.993 bits per heavy atom. The number of anilines is 16. The van der Waals surface area contributed by atoms with E-state index < -0.39 is 0 Å².